The minimum absolute atomic E-state index is 0.204. The molecule has 0 fully saturated rings. The van der Waals surface area contributed by atoms with Gasteiger partial charge in [0.1, 0.15) is 5.52 Å². The van der Waals surface area contributed by atoms with Crippen molar-refractivity contribution in [2.24, 2.45) is 0 Å². The molecule has 2 heterocycles. The Kier molecular flexibility index (Phi) is 4.26. The Labute approximate surface area is 150 Å². The van der Waals surface area contributed by atoms with E-state index in [1.807, 2.05) is 42.5 Å². The molecular weight excluding hydrogens is 326 g/mol. The highest BCUT2D eigenvalue weighted by Gasteiger charge is 2.09. The molecule has 0 aliphatic carbocycles. The molecule has 0 atom stereocenters. The molecule has 1 amide bonds. The largest absolute Gasteiger partial charge is 0.436 e. The van der Waals surface area contributed by atoms with Crippen molar-refractivity contribution in [1.82, 2.24) is 9.97 Å². The van der Waals surface area contributed by atoms with Crippen molar-refractivity contribution in [2.45, 2.75) is 0 Å². The molecule has 0 radical (unpaired) electrons. The lowest BCUT2D eigenvalue weighted by Crippen LogP contribution is -2.07. The summed E-state index contributed by atoms with van der Waals surface area (Å²) < 4.78 is 5.74. The molecule has 1 N–H and O–H groups in total. The second-order valence-corrected chi connectivity index (χ2v) is 5.68. The van der Waals surface area contributed by atoms with Crippen LogP contribution in [0.5, 0.6) is 0 Å². The first-order valence-electron chi connectivity index (χ1n) is 8.13. The number of carbonyl (C=O) groups is 1. The Balaban J connectivity index is 1.52. The van der Waals surface area contributed by atoms with Crippen LogP contribution in [-0.2, 0) is 4.79 Å². The van der Waals surface area contributed by atoms with Gasteiger partial charge in [-0.15, -0.1) is 0 Å². The van der Waals surface area contributed by atoms with Crippen LogP contribution < -0.4 is 5.32 Å². The number of nitrogens with zero attached hydrogens (tertiary/aromatic N) is 2. The molecule has 5 nitrogen and oxygen atoms in total. The van der Waals surface area contributed by atoms with E-state index in [0.29, 0.717) is 22.7 Å². The maximum atomic E-state index is 12.1. The Morgan fingerprint density at radius 2 is 1.92 bits per heavy atom. The zero-order valence-corrected chi connectivity index (χ0v) is 13.8. The number of fused-ring (bicyclic) bond motifs is 1. The number of nitrogens with one attached hydrogen (secondary N) is 1. The van der Waals surface area contributed by atoms with E-state index in [2.05, 4.69) is 15.3 Å². The van der Waals surface area contributed by atoms with Crippen molar-refractivity contribution in [3.63, 3.8) is 0 Å². The van der Waals surface area contributed by atoms with Crippen molar-refractivity contribution < 1.29 is 9.21 Å². The third-order valence-corrected chi connectivity index (χ3v) is 3.79. The summed E-state index contributed by atoms with van der Waals surface area (Å²) in [6.45, 7) is 0. The lowest BCUT2D eigenvalue weighted by Gasteiger charge is -2.01. The lowest BCUT2D eigenvalue weighted by atomic mass is 10.2. The smallest absolute Gasteiger partial charge is 0.248 e. The van der Waals surface area contributed by atoms with Gasteiger partial charge in [0.25, 0.3) is 0 Å². The van der Waals surface area contributed by atoms with Gasteiger partial charge >= 0.3 is 0 Å². The molecule has 0 aliphatic rings. The van der Waals surface area contributed by atoms with E-state index in [1.54, 1.807) is 36.7 Å². The second-order valence-electron chi connectivity index (χ2n) is 5.68. The molecule has 0 saturated carbocycles. The fourth-order valence-electron chi connectivity index (χ4n) is 2.54. The van der Waals surface area contributed by atoms with Crippen LogP contribution >= 0.6 is 0 Å². The summed E-state index contributed by atoms with van der Waals surface area (Å²) in [6, 6.07) is 18.7. The number of anilines is 1. The third kappa shape index (κ3) is 3.52. The monoisotopic (exact) mass is 341 g/mol. The number of rotatable bonds is 4. The summed E-state index contributed by atoms with van der Waals surface area (Å²) in [5.41, 5.74) is 3.76. The molecule has 0 bridgehead atoms. The summed E-state index contributed by atoms with van der Waals surface area (Å²) in [5, 5.41) is 2.83. The maximum Gasteiger partial charge on any atom is 0.248 e. The fraction of sp³-hybridized carbons (Fsp3) is 0. The summed E-state index contributed by atoms with van der Waals surface area (Å²) in [4.78, 5) is 20.6. The highest BCUT2D eigenvalue weighted by molar-refractivity contribution is 6.02. The van der Waals surface area contributed by atoms with E-state index in [-0.39, 0.29) is 5.91 Å². The Hall–Kier alpha value is -3.73. The predicted molar refractivity (Wildman–Crippen MR) is 101 cm³/mol. The molecule has 4 aromatic rings. The van der Waals surface area contributed by atoms with E-state index >= 15 is 0 Å². The van der Waals surface area contributed by atoms with Crippen molar-refractivity contribution in [3.8, 4) is 11.5 Å². The standard InChI is InChI=1S/C21H15N3O2/c25-20(11-8-15-5-2-1-3-6-15)23-17-9-10-19-18(13-17)24-21(26-19)16-7-4-12-22-14-16/h1-14H,(H,23,25)/b11-8-. The summed E-state index contributed by atoms with van der Waals surface area (Å²) in [6.07, 6.45) is 6.67. The molecule has 4 rings (SSSR count). The number of carbonyl (C=O) groups excluding carboxylic acids is 1. The second kappa shape index (κ2) is 7.03. The quantitative estimate of drug-likeness (QED) is 0.553. The van der Waals surface area contributed by atoms with E-state index in [9.17, 15) is 4.79 Å². The topological polar surface area (TPSA) is 68.0 Å². The Morgan fingerprint density at radius 1 is 1.04 bits per heavy atom. The number of pyridine rings is 1. The van der Waals surface area contributed by atoms with Crippen LogP contribution in [0.3, 0.4) is 0 Å². The van der Waals surface area contributed by atoms with Gasteiger partial charge in [-0.1, -0.05) is 30.3 Å². The van der Waals surface area contributed by atoms with Crippen LogP contribution in [0.1, 0.15) is 5.56 Å². The number of benzene rings is 2. The van der Waals surface area contributed by atoms with Crippen LogP contribution in [-0.4, -0.2) is 15.9 Å². The van der Waals surface area contributed by atoms with Crippen molar-refractivity contribution >= 4 is 28.8 Å². The van der Waals surface area contributed by atoms with Crippen molar-refractivity contribution in [2.75, 3.05) is 5.32 Å². The fourth-order valence-corrected chi connectivity index (χ4v) is 2.54. The van der Waals surface area contributed by atoms with Gasteiger partial charge < -0.3 is 9.73 Å². The van der Waals surface area contributed by atoms with Gasteiger partial charge in [-0.25, -0.2) is 4.98 Å². The summed E-state index contributed by atoms with van der Waals surface area (Å²) in [7, 11) is 0. The molecule has 2 aromatic carbocycles. The molecule has 0 saturated heterocycles. The first-order chi connectivity index (χ1) is 12.8. The van der Waals surface area contributed by atoms with Crippen molar-refractivity contribution in [1.29, 1.82) is 0 Å². The molecule has 2 aromatic heterocycles. The number of hydrogen-bond acceptors (Lipinski definition) is 4. The van der Waals surface area contributed by atoms with Crippen LogP contribution in [0.2, 0.25) is 0 Å². The molecule has 126 valence electrons. The van der Waals surface area contributed by atoms with E-state index in [4.69, 9.17) is 4.42 Å². The van der Waals surface area contributed by atoms with Crippen molar-refractivity contribution in [3.05, 3.63) is 84.7 Å². The van der Waals surface area contributed by atoms with Crippen LogP contribution in [0.25, 0.3) is 28.6 Å². The average molecular weight is 341 g/mol. The van der Waals surface area contributed by atoms with Gasteiger partial charge in [-0.05, 0) is 42.0 Å². The van der Waals surface area contributed by atoms with Gasteiger partial charge in [0.2, 0.25) is 11.8 Å². The first kappa shape index (κ1) is 15.8. The summed E-state index contributed by atoms with van der Waals surface area (Å²) >= 11 is 0. The normalized spacial score (nSPS) is 11.1. The van der Waals surface area contributed by atoms with E-state index < -0.39 is 0 Å². The van der Waals surface area contributed by atoms with Crippen LogP contribution in [0.4, 0.5) is 5.69 Å². The first-order valence-corrected chi connectivity index (χ1v) is 8.13. The number of oxazole rings is 1. The van der Waals surface area contributed by atoms with Gasteiger partial charge in [0, 0.05) is 24.2 Å². The Bertz CT molecular complexity index is 1070. The molecule has 26 heavy (non-hydrogen) atoms. The molecule has 0 unspecified atom stereocenters. The maximum absolute atomic E-state index is 12.1. The van der Waals surface area contributed by atoms with E-state index in [0.717, 1.165) is 11.1 Å². The zero-order valence-electron chi connectivity index (χ0n) is 13.8. The molecule has 0 aliphatic heterocycles. The van der Waals surface area contributed by atoms with Gasteiger partial charge in [-0.2, -0.15) is 0 Å². The minimum atomic E-state index is -0.204. The highest BCUT2D eigenvalue weighted by atomic mass is 16.3. The minimum Gasteiger partial charge on any atom is -0.436 e. The number of aromatic nitrogens is 2. The number of hydrogen-bond donors (Lipinski definition) is 1. The molecule has 5 heteroatoms. The highest BCUT2D eigenvalue weighted by Crippen LogP contribution is 2.25. The van der Waals surface area contributed by atoms with Crippen LogP contribution in [0.15, 0.2) is 83.6 Å². The zero-order chi connectivity index (χ0) is 17.8. The van der Waals surface area contributed by atoms with Gasteiger partial charge in [0.15, 0.2) is 5.58 Å². The lowest BCUT2D eigenvalue weighted by molar-refractivity contribution is -0.111. The predicted octanol–water partition coefficient (Wildman–Crippen LogP) is 4.54. The Morgan fingerprint density at radius 3 is 2.73 bits per heavy atom. The average Bonchev–Trinajstić information content (AvgIpc) is 3.11. The van der Waals surface area contributed by atoms with E-state index in [1.165, 1.54) is 6.08 Å². The summed E-state index contributed by atoms with van der Waals surface area (Å²) in [5.74, 6) is 0.296. The SMILES string of the molecule is O=C(/C=C\c1ccccc1)Nc1ccc2oc(-c3cccnc3)nc2c1. The molecule has 0 spiro atoms. The molecular formula is C21H15N3O2. The van der Waals surface area contributed by atoms with Gasteiger partial charge in [-0.3, -0.25) is 9.78 Å². The third-order valence-electron chi connectivity index (χ3n) is 3.79. The van der Waals surface area contributed by atoms with Crippen LogP contribution in [0, 0.1) is 0 Å². The number of amides is 1. The van der Waals surface area contributed by atoms with Gasteiger partial charge in [0.05, 0.1) is 5.56 Å².